The van der Waals surface area contributed by atoms with Gasteiger partial charge >= 0.3 is 0 Å². The highest BCUT2D eigenvalue weighted by Crippen LogP contribution is 2.39. The van der Waals surface area contributed by atoms with Crippen molar-refractivity contribution in [2.45, 2.75) is 45.1 Å². The summed E-state index contributed by atoms with van der Waals surface area (Å²) in [6.45, 7) is 3.58. The molecule has 0 bridgehead atoms. The standard InChI is InChI=1S/C16H23N/c1-12-5-4-7-14(11-12)16-15-8-3-2-6-13(15)9-10-17-16/h2-3,6,8,12,14,16-17H,4-5,7,9-11H2,1H3. The first-order valence-electron chi connectivity index (χ1n) is 7.16. The average Bonchev–Trinajstić information content (AvgIpc) is 2.38. The van der Waals surface area contributed by atoms with Gasteiger partial charge in [-0.15, -0.1) is 0 Å². The van der Waals surface area contributed by atoms with E-state index in [4.69, 9.17) is 0 Å². The van der Waals surface area contributed by atoms with E-state index in [0.717, 1.165) is 18.4 Å². The first-order chi connectivity index (χ1) is 8.34. The first-order valence-corrected chi connectivity index (χ1v) is 7.16. The van der Waals surface area contributed by atoms with Gasteiger partial charge in [0, 0.05) is 6.04 Å². The molecule has 1 heterocycles. The van der Waals surface area contributed by atoms with E-state index < -0.39 is 0 Å². The van der Waals surface area contributed by atoms with Crippen LogP contribution in [0.3, 0.4) is 0 Å². The molecule has 0 spiro atoms. The molecular formula is C16H23N. The Hall–Kier alpha value is -0.820. The van der Waals surface area contributed by atoms with Crippen molar-refractivity contribution in [1.29, 1.82) is 0 Å². The van der Waals surface area contributed by atoms with Crippen molar-refractivity contribution in [2.75, 3.05) is 6.54 Å². The van der Waals surface area contributed by atoms with Gasteiger partial charge in [0.25, 0.3) is 0 Å². The molecule has 1 aliphatic carbocycles. The minimum absolute atomic E-state index is 0.627. The Morgan fingerprint density at radius 3 is 2.94 bits per heavy atom. The molecule has 0 amide bonds. The molecule has 1 saturated carbocycles. The molecule has 2 aliphatic rings. The second kappa shape index (κ2) is 4.81. The van der Waals surface area contributed by atoms with Gasteiger partial charge in [0.15, 0.2) is 0 Å². The molecule has 1 aliphatic heterocycles. The van der Waals surface area contributed by atoms with E-state index >= 15 is 0 Å². The Kier molecular flexibility index (Phi) is 3.19. The molecule has 1 fully saturated rings. The summed E-state index contributed by atoms with van der Waals surface area (Å²) in [5, 5.41) is 3.77. The topological polar surface area (TPSA) is 12.0 Å². The lowest BCUT2D eigenvalue weighted by atomic mass is 9.75. The maximum atomic E-state index is 3.77. The fourth-order valence-corrected chi connectivity index (χ4v) is 3.74. The normalized spacial score (nSPS) is 33.1. The number of fused-ring (bicyclic) bond motifs is 1. The van der Waals surface area contributed by atoms with E-state index in [0.29, 0.717) is 6.04 Å². The zero-order valence-corrected chi connectivity index (χ0v) is 10.8. The Balaban J connectivity index is 1.84. The van der Waals surface area contributed by atoms with Gasteiger partial charge in [-0.25, -0.2) is 0 Å². The third-order valence-electron chi connectivity index (χ3n) is 4.60. The molecular weight excluding hydrogens is 206 g/mol. The molecule has 1 nitrogen and oxygen atoms in total. The van der Waals surface area contributed by atoms with Crippen LogP contribution in [0, 0.1) is 11.8 Å². The predicted molar refractivity (Wildman–Crippen MR) is 72.0 cm³/mol. The summed E-state index contributed by atoms with van der Waals surface area (Å²) in [7, 11) is 0. The summed E-state index contributed by atoms with van der Waals surface area (Å²) in [4.78, 5) is 0. The number of rotatable bonds is 1. The quantitative estimate of drug-likeness (QED) is 0.774. The molecule has 92 valence electrons. The van der Waals surface area contributed by atoms with Crippen LogP contribution in [-0.2, 0) is 6.42 Å². The molecule has 0 radical (unpaired) electrons. The van der Waals surface area contributed by atoms with Crippen molar-refractivity contribution in [2.24, 2.45) is 11.8 Å². The third kappa shape index (κ3) is 2.26. The van der Waals surface area contributed by atoms with Crippen LogP contribution < -0.4 is 5.32 Å². The van der Waals surface area contributed by atoms with Gasteiger partial charge in [-0.3, -0.25) is 0 Å². The summed E-state index contributed by atoms with van der Waals surface area (Å²) in [5.74, 6) is 1.78. The molecule has 3 atom stereocenters. The maximum Gasteiger partial charge on any atom is 0.0351 e. The predicted octanol–water partition coefficient (Wildman–Crippen LogP) is 3.70. The smallest absolute Gasteiger partial charge is 0.0351 e. The van der Waals surface area contributed by atoms with Crippen LogP contribution in [0.25, 0.3) is 0 Å². The largest absolute Gasteiger partial charge is 0.309 e. The van der Waals surface area contributed by atoms with E-state index in [9.17, 15) is 0 Å². The van der Waals surface area contributed by atoms with E-state index in [1.54, 1.807) is 11.1 Å². The summed E-state index contributed by atoms with van der Waals surface area (Å²) in [5.41, 5.74) is 3.16. The van der Waals surface area contributed by atoms with E-state index in [1.165, 1.54) is 32.1 Å². The summed E-state index contributed by atoms with van der Waals surface area (Å²) >= 11 is 0. The van der Waals surface area contributed by atoms with Crippen molar-refractivity contribution in [3.05, 3.63) is 35.4 Å². The van der Waals surface area contributed by atoms with Crippen LogP contribution in [0.5, 0.6) is 0 Å². The van der Waals surface area contributed by atoms with Crippen LogP contribution in [0.1, 0.15) is 49.8 Å². The van der Waals surface area contributed by atoms with E-state index in [-0.39, 0.29) is 0 Å². The summed E-state index contributed by atoms with van der Waals surface area (Å²) < 4.78 is 0. The lowest BCUT2D eigenvalue weighted by Crippen LogP contribution is -2.36. The van der Waals surface area contributed by atoms with E-state index in [2.05, 4.69) is 36.5 Å². The minimum Gasteiger partial charge on any atom is -0.309 e. The Bertz CT molecular complexity index is 385. The Morgan fingerprint density at radius 1 is 1.18 bits per heavy atom. The van der Waals surface area contributed by atoms with Gasteiger partial charge in [0.2, 0.25) is 0 Å². The molecule has 0 saturated heterocycles. The molecule has 3 unspecified atom stereocenters. The van der Waals surface area contributed by atoms with Crippen molar-refractivity contribution in [3.63, 3.8) is 0 Å². The molecule has 17 heavy (non-hydrogen) atoms. The average molecular weight is 229 g/mol. The van der Waals surface area contributed by atoms with Crippen LogP contribution >= 0.6 is 0 Å². The van der Waals surface area contributed by atoms with Gasteiger partial charge in [0.05, 0.1) is 0 Å². The zero-order valence-electron chi connectivity index (χ0n) is 10.8. The second-order valence-corrected chi connectivity index (χ2v) is 5.91. The lowest BCUT2D eigenvalue weighted by Gasteiger charge is -2.37. The summed E-state index contributed by atoms with van der Waals surface area (Å²) in [6.07, 6.45) is 6.88. The number of hydrogen-bond acceptors (Lipinski definition) is 1. The van der Waals surface area contributed by atoms with Gasteiger partial charge in [0.1, 0.15) is 0 Å². The zero-order chi connectivity index (χ0) is 11.7. The van der Waals surface area contributed by atoms with Gasteiger partial charge in [-0.05, 0) is 48.8 Å². The second-order valence-electron chi connectivity index (χ2n) is 5.91. The molecule has 0 aromatic heterocycles. The van der Waals surface area contributed by atoms with Crippen LogP contribution in [0.4, 0.5) is 0 Å². The van der Waals surface area contributed by atoms with Crippen LogP contribution in [0.15, 0.2) is 24.3 Å². The number of nitrogens with one attached hydrogen (secondary N) is 1. The van der Waals surface area contributed by atoms with Crippen molar-refractivity contribution in [3.8, 4) is 0 Å². The van der Waals surface area contributed by atoms with Crippen molar-refractivity contribution in [1.82, 2.24) is 5.32 Å². The molecule has 1 aromatic carbocycles. The minimum atomic E-state index is 0.627. The highest BCUT2D eigenvalue weighted by molar-refractivity contribution is 5.32. The first kappa shape index (κ1) is 11.3. The Labute approximate surface area is 105 Å². The van der Waals surface area contributed by atoms with Crippen LogP contribution in [0.2, 0.25) is 0 Å². The number of hydrogen-bond donors (Lipinski definition) is 1. The third-order valence-corrected chi connectivity index (χ3v) is 4.60. The van der Waals surface area contributed by atoms with Crippen LogP contribution in [-0.4, -0.2) is 6.54 Å². The van der Waals surface area contributed by atoms with Gasteiger partial charge in [-0.1, -0.05) is 44.0 Å². The molecule has 3 rings (SSSR count). The maximum absolute atomic E-state index is 3.77. The molecule has 1 N–H and O–H groups in total. The highest BCUT2D eigenvalue weighted by atomic mass is 14.9. The van der Waals surface area contributed by atoms with E-state index in [1.807, 2.05) is 0 Å². The highest BCUT2D eigenvalue weighted by Gasteiger charge is 2.30. The van der Waals surface area contributed by atoms with Gasteiger partial charge < -0.3 is 5.32 Å². The van der Waals surface area contributed by atoms with Gasteiger partial charge in [-0.2, -0.15) is 0 Å². The molecule has 1 heteroatoms. The number of benzene rings is 1. The Morgan fingerprint density at radius 2 is 2.06 bits per heavy atom. The lowest BCUT2D eigenvalue weighted by molar-refractivity contribution is 0.219. The summed E-state index contributed by atoms with van der Waals surface area (Å²) in [6, 6.07) is 9.67. The van der Waals surface area contributed by atoms with Crippen molar-refractivity contribution < 1.29 is 0 Å². The molecule has 1 aromatic rings. The van der Waals surface area contributed by atoms with Crippen molar-refractivity contribution >= 4 is 0 Å². The fourth-order valence-electron chi connectivity index (χ4n) is 3.74. The monoisotopic (exact) mass is 229 g/mol. The SMILES string of the molecule is CC1CCCC(C2NCCc3ccccc32)C1. The fraction of sp³-hybridized carbons (Fsp3) is 0.625.